The zero-order chi connectivity index (χ0) is 19.3. The normalized spacial score (nSPS) is 19.3. The fourth-order valence-corrected chi connectivity index (χ4v) is 2.99. The van der Waals surface area contributed by atoms with E-state index in [-0.39, 0.29) is 5.41 Å². The van der Waals surface area contributed by atoms with Gasteiger partial charge in [0, 0.05) is 16.6 Å². The molecule has 0 amide bonds. The first-order valence-electron chi connectivity index (χ1n) is 8.88. The van der Waals surface area contributed by atoms with Crippen molar-refractivity contribution in [2.24, 2.45) is 5.41 Å². The van der Waals surface area contributed by atoms with E-state index >= 15 is 0 Å². The number of hydrogen-bond acceptors (Lipinski definition) is 3. The molecule has 0 fully saturated rings. The maximum atomic E-state index is 4.69. The molecule has 0 bridgehead atoms. The number of rotatable bonds is 5. The maximum absolute atomic E-state index is 4.69. The van der Waals surface area contributed by atoms with Crippen LogP contribution in [-0.2, 0) is 0 Å². The third-order valence-corrected chi connectivity index (χ3v) is 4.50. The largest absolute Gasteiger partial charge is 0.213 e. The van der Waals surface area contributed by atoms with Crippen molar-refractivity contribution in [1.29, 1.82) is 0 Å². The third kappa shape index (κ3) is 4.09. The van der Waals surface area contributed by atoms with Crippen LogP contribution in [0.1, 0.15) is 18.6 Å². The minimum Gasteiger partial charge on any atom is -0.213 e. The predicted octanol–water partition coefficient (Wildman–Crippen LogP) is 5.66. The molecular formula is C24H23N3. The van der Waals surface area contributed by atoms with Crippen LogP contribution in [0.25, 0.3) is 17.0 Å². The summed E-state index contributed by atoms with van der Waals surface area (Å²) < 4.78 is 0. The first-order valence-corrected chi connectivity index (χ1v) is 8.88. The molecule has 1 aromatic carbocycles. The van der Waals surface area contributed by atoms with Crippen LogP contribution in [0, 0.1) is 12.3 Å². The van der Waals surface area contributed by atoms with Crippen molar-refractivity contribution in [3.05, 3.63) is 109 Å². The molecule has 0 saturated heterocycles. The standard InChI is InChI=1S/C24H23N3/c1-5-11-21(6-2)24(4)16-10-14-20(15-17-24)23-26-18(3)25-22(27-23)19-12-8-7-9-13-19/h5-17H,1-2H2,3-4H3/b21-11+. The van der Waals surface area contributed by atoms with Crippen molar-refractivity contribution >= 4 is 5.57 Å². The molecule has 0 saturated carbocycles. The molecule has 3 heteroatoms. The fourth-order valence-electron chi connectivity index (χ4n) is 2.99. The minimum absolute atomic E-state index is 0.265. The Morgan fingerprint density at radius 3 is 2.44 bits per heavy atom. The van der Waals surface area contributed by atoms with Crippen LogP contribution in [0.5, 0.6) is 0 Å². The van der Waals surface area contributed by atoms with Crippen molar-refractivity contribution < 1.29 is 0 Å². The number of benzene rings is 1. The Balaban J connectivity index is 2.00. The van der Waals surface area contributed by atoms with Crippen molar-refractivity contribution in [3.63, 3.8) is 0 Å². The summed E-state index contributed by atoms with van der Waals surface area (Å²) in [6.07, 6.45) is 16.0. The summed E-state index contributed by atoms with van der Waals surface area (Å²) in [4.78, 5) is 13.7. The molecule has 1 atom stereocenters. The topological polar surface area (TPSA) is 38.7 Å². The molecule has 1 heterocycles. The average Bonchev–Trinajstić information content (AvgIpc) is 2.89. The van der Waals surface area contributed by atoms with E-state index in [0.29, 0.717) is 17.5 Å². The smallest absolute Gasteiger partial charge is 0.163 e. The van der Waals surface area contributed by atoms with Crippen LogP contribution in [-0.4, -0.2) is 15.0 Å². The molecule has 3 rings (SSSR count). The Morgan fingerprint density at radius 1 is 1.00 bits per heavy atom. The van der Waals surface area contributed by atoms with Crippen LogP contribution in [0.4, 0.5) is 0 Å². The van der Waals surface area contributed by atoms with Crippen molar-refractivity contribution in [2.75, 3.05) is 0 Å². The fraction of sp³-hybridized carbons (Fsp3) is 0.125. The summed E-state index contributed by atoms with van der Waals surface area (Å²) in [6.45, 7) is 11.8. The maximum Gasteiger partial charge on any atom is 0.163 e. The van der Waals surface area contributed by atoms with Gasteiger partial charge in [0.15, 0.2) is 11.6 Å². The molecular weight excluding hydrogens is 330 g/mol. The number of aromatic nitrogens is 3. The van der Waals surface area contributed by atoms with Gasteiger partial charge in [-0.25, -0.2) is 15.0 Å². The second kappa shape index (κ2) is 7.92. The van der Waals surface area contributed by atoms with E-state index in [2.05, 4.69) is 48.3 Å². The number of allylic oxidation sites excluding steroid dienone is 10. The highest BCUT2D eigenvalue weighted by molar-refractivity contribution is 5.73. The van der Waals surface area contributed by atoms with Gasteiger partial charge in [0.1, 0.15) is 5.82 Å². The van der Waals surface area contributed by atoms with Crippen LogP contribution in [0.3, 0.4) is 0 Å². The highest BCUT2D eigenvalue weighted by Gasteiger charge is 2.22. The second-order valence-electron chi connectivity index (χ2n) is 6.55. The first-order chi connectivity index (χ1) is 13.1. The van der Waals surface area contributed by atoms with Gasteiger partial charge in [-0.3, -0.25) is 0 Å². The Morgan fingerprint density at radius 2 is 1.74 bits per heavy atom. The lowest BCUT2D eigenvalue weighted by molar-refractivity contribution is 0.682. The monoisotopic (exact) mass is 353 g/mol. The summed E-state index contributed by atoms with van der Waals surface area (Å²) in [5.74, 6) is 2.04. The van der Waals surface area contributed by atoms with Gasteiger partial charge in [0.25, 0.3) is 0 Å². The van der Waals surface area contributed by atoms with Gasteiger partial charge in [-0.15, -0.1) is 0 Å². The highest BCUT2D eigenvalue weighted by atomic mass is 15.0. The second-order valence-corrected chi connectivity index (χ2v) is 6.55. The van der Waals surface area contributed by atoms with Crippen molar-refractivity contribution in [3.8, 4) is 11.4 Å². The summed E-state index contributed by atoms with van der Waals surface area (Å²) in [6, 6.07) is 9.95. The van der Waals surface area contributed by atoms with Crippen molar-refractivity contribution in [2.45, 2.75) is 13.8 Å². The Labute approximate surface area is 160 Å². The van der Waals surface area contributed by atoms with Crippen LogP contribution >= 0.6 is 0 Å². The zero-order valence-corrected chi connectivity index (χ0v) is 15.8. The van der Waals surface area contributed by atoms with Crippen LogP contribution < -0.4 is 0 Å². The first kappa shape index (κ1) is 18.5. The number of aryl methyl sites for hydroxylation is 1. The summed E-state index contributed by atoms with van der Waals surface area (Å²) in [5.41, 5.74) is 2.74. The van der Waals surface area contributed by atoms with E-state index in [1.807, 2.05) is 61.6 Å². The van der Waals surface area contributed by atoms with Gasteiger partial charge in [0.2, 0.25) is 0 Å². The molecule has 27 heavy (non-hydrogen) atoms. The van der Waals surface area contributed by atoms with Crippen molar-refractivity contribution in [1.82, 2.24) is 15.0 Å². The van der Waals surface area contributed by atoms with Gasteiger partial charge < -0.3 is 0 Å². The molecule has 0 N–H and O–H groups in total. The summed E-state index contributed by atoms with van der Waals surface area (Å²) >= 11 is 0. The molecule has 3 nitrogen and oxygen atoms in total. The van der Waals surface area contributed by atoms with E-state index in [4.69, 9.17) is 4.98 Å². The quantitative estimate of drug-likeness (QED) is 0.651. The Kier molecular flexibility index (Phi) is 5.41. The summed E-state index contributed by atoms with van der Waals surface area (Å²) in [5, 5.41) is 0. The van der Waals surface area contributed by atoms with E-state index in [1.54, 1.807) is 6.08 Å². The lowest BCUT2D eigenvalue weighted by atomic mass is 9.81. The lowest BCUT2D eigenvalue weighted by Gasteiger charge is -2.23. The van der Waals surface area contributed by atoms with Gasteiger partial charge in [-0.2, -0.15) is 0 Å². The average molecular weight is 353 g/mol. The van der Waals surface area contributed by atoms with Gasteiger partial charge in [0.05, 0.1) is 0 Å². The van der Waals surface area contributed by atoms with E-state index < -0.39 is 0 Å². The molecule has 1 aliphatic carbocycles. The van der Waals surface area contributed by atoms with Gasteiger partial charge in [-0.1, -0.05) is 92.1 Å². The molecule has 0 radical (unpaired) electrons. The Hall–Kier alpha value is -3.33. The Bertz CT molecular complexity index is 978. The van der Waals surface area contributed by atoms with Crippen LogP contribution in [0.15, 0.2) is 97.7 Å². The molecule has 0 aliphatic heterocycles. The molecule has 134 valence electrons. The lowest BCUT2D eigenvalue weighted by Crippen LogP contribution is -2.11. The van der Waals surface area contributed by atoms with Crippen LogP contribution in [0.2, 0.25) is 0 Å². The number of hydrogen-bond donors (Lipinski definition) is 0. The van der Waals surface area contributed by atoms with E-state index in [0.717, 1.165) is 16.7 Å². The molecule has 1 aromatic heterocycles. The zero-order valence-electron chi connectivity index (χ0n) is 15.8. The number of nitrogens with zero attached hydrogens (tertiary/aromatic N) is 3. The molecule has 1 unspecified atom stereocenters. The molecule has 1 aliphatic rings. The highest BCUT2D eigenvalue weighted by Crippen LogP contribution is 2.34. The molecule has 2 aromatic rings. The SMILES string of the molecule is C=C/C=C(\C=C)C1(C)C=CC=C(c2nc(C)nc(-c3ccccc3)n2)C=C1. The van der Waals surface area contributed by atoms with Gasteiger partial charge >= 0.3 is 0 Å². The third-order valence-electron chi connectivity index (χ3n) is 4.50. The van der Waals surface area contributed by atoms with E-state index in [9.17, 15) is 0 Å². The minimum atomic E-state index is -0.265. The predicted molar refractivity (Wildman–Crippen MR) is 113 cm³/mol. The van der Waals surface area contributed by atoms with E-state index in [1.165, 1.54) is 0 Å². The summed E-state index contributed by atoms with van der Waals surface area (Å²) in [7, 11) is 0. The van der Waals surface area contributed by atoms with Gasteiger partial charge in [-0.05, 0) is 19.4 Å². The molecule has 0 spiro atoms.